The number of aryl methyl sites for hydroxylation is 1. The number of aromatic nitrogens is 3. The van der Waals surface area contributed by atoms with Crippen molar-refractivity contribution in [3.05, 3.63) is 338 Å². The zero-order valence-corrected chi connectivity index (χ0v) is 62.1. The lowest BCUT2D eigenvalue weighted by molar-refractivity contribution is 0.589. The molecule has 18 aromatic rings. The third kappa shape index (κ3) is 9.01. The summed E-state index contributed by atoms with van der Waals surface area (Å²) in [5, 5.41) is 6.73. The molecule has 0 radical (unpaired) electrons. The van der Waals surface area contributed by atoms with Gasteiger partial charge < -0.3 is 13.7 Å². The van der Waals surface area contributed by atoms with Crippen molar-refractivity contribution in [1.82, 2.24) is 13.7 Å². The third-order valence-corrected chi connectivity index (χ3v) is 25.2. The average molecular weight is 1380 g/mol. The van der Waals surface area contributed by atoms with E-state index in [9.17, 15) is 0 Å². The predicted octanol–water partition coefficient (Wildman–Crippen LogP) is 19.5. The van der Waals surface area contributed by atoms with Crippen molar-refractivity contribution in [2.24, 2.45) is 0 Å². The maximum Gasteiger partial charge on any atom is 0.248 e. The maximum atomic E-state index is 2.56. The standard InChI is InChI=1S/C42H26BN.C30H18BN.C30H32BN/c1-4-10-27(11-5-1)30-16-21-37-35(24-30)33-19-20-34-36-25-31(28-12-6-2-7-13-28)17-22-39(36)44-40-23-18-32(29-14-8-3-9-15-29)26-38(40)43(37)41(33)42(34)44;1-2-8-19(9-3-1)20-14-17-25-24(18-20)22-15-16-23-21-10-4-6-12-27(21)32-28-13-7-5-11-26(28)31(25)29(22)30(23)32;1-17-18(2)32-26-16-20(30(6,7)8)15-23-22-14-19(29(3,4)5)12-13-24(22)31(27(23)26)25-11-9-10-21(17)28(25)32/h1-26H;1-18H;9-16H,1-8H3. The molecule has 0 atom stereocenters. The first-order valence-corrected chi connectivity index (χ1v) is 38.6. The highest BCUT2D eigenvalue weighted by Gasteiger charge is 2.45. The van der Waals surface area contributed by atoms with Crippen LogP contribution in [-0.2, 0) is 10.8 Å². The van der Waals surface area contributed by atoms with Crippen LogP contribution in [-0.4, -0.2) is 33.8 Å². The molecule has 0 N–H and O–H groups in total. The van der Waals surface area contributed by atoms with Gasteiger partial charge >= 0.3 is 0 Å². The monoisotopic (exact) mass is 1380 g/mol. The Hall–Kier alpha value is -12.4. The zero-order valence-electron chi connectivity index (χ0n) is 62.1. The Morgan fingerprint density at radius 1 is 0.231 bits per heavy atom. The van der Waals surface area contributed by atoms with Gasteiger partial charge in [-0.15, -0.1) is 0 Å². The number of hydrogen-bond donors (Lipinski definition) is 0. The number of benzene rings is 15. The highest BCUT2D eigenvalue weighted by Crippen LogP contribution is 2.45. The van der Waals surface area contributed by atoms with E-state index in [4.69, 9.17) is 0 Å². The third-order valence-electron chi connectivity index (χ3n) is 25.2. The molecule has 3 aromatic heterocycles. The molecule has 0 spiro atoms. The van der Waals surface area contributed by atoms with E-state index < -0.39 is 0 Å². The molecule has 0 saturated carbocycles. The normalized spacial score (nSPS) is 13.1. The van der Waals surface area contributed by atoms with Crippen LogP contribution >= 0.6 is 0 Å². The van der Waals surface area contributed by atoms with Crippen molar-refractivity contribution in [2.45, 2.75) is 66.2 Å². The van der Waals surface area contributed by atoms with Crippen LogP contribution in [0.2, 0.25) is 0 Å². The minimum atomic E-state index is 0.0948. The van der Waals surface area contributed by atoms with Crippen molar-refractivity contribution in [2.75, 3.05) is 0 Å². The van der Waals surface area contributed by atoms with Crippen molar-refractivity contribution < 1.29 is 0 Å². The molecule has 24 rings (SSSR count). The fraction of sp³-hybridized carbons (Fsp3) is 0.0980. The van der Waals surface area contributed by atoms with Crippen LogP contribution in [0.3, 0.4) is 0 Å². The summed E-state index contributed by atoms with van der Waals surface area (Å²) in [6, 6.07) is 118. The molecule has 0 saturated heterocycles. The van der Waals surface area contributed by atoms with Gasteiger partial charge in [-0.25, -0.2) is 0 Å². The van der Waals surface area contributed by atoms with Gasteiger partial charge in [-0.05, 0) is 201 Å². The van der Waals surface area contributed by atoms with E-state index >= 15 is 0 Å². The highest BCUT2D eigenvalue weighted by molar-refractivity contribution is 7.03. The summed E-state index contributed by atoms with van der Waals surface area (Å²) < 4.78 is 7.60. The summed E-state index contributed by atoms with van der Waals surface area (Å²) in [5.74, 6) is 0. The van der Waals surface area contributed by atoms with Crippen LogP contribution in [0.5, 0.6) is 0 Å². The van der Waals surface area contributed by atoms with Gasteiger partial charge in [0.25, 0.3) is 0 Å². The summed E-state index contributed by atoms with van der Waals surface area (Å²) >= 11 is 0. The van der Waals surface area contributed by atoms with E-state index in [-0.39, 0.29) is 17.5 Å². The van der Waals surface area contributed by atoms with Crippen molar-refractivity contribution in [3.63, 3.8) is 0 Å². The first-order chi connectivity index (χ1) is 52.7. The van der Waals surface area contributed by atoms with Crippen LogP contribution < -0.4 is 49.2 Å². The Balaban J connectivity index is 0.000000103. The number of para-hydroxylation sites is 3. The molecule has 0 unspecified atom stereocenters. The second kappa shape index (κ2) is 23.1. The van der Waals surface area contributed by atoms with Crippen molar-refractivity contribution >= 4 is 124 Å². The molecular weight excluding hydrogens is 1300 g/mol. The van der Waals surface area contributed by atoms with Crippen LogP contribution in [0.25, 0.3) is 149 Å². The molecule has 3 nitrogen and oxygen atoms in total. The summed E-state index contributed by atoms with van der Waals surface area (Å²) in [4.78, 5) is 0. The first-order valence-electron chi connectivity index (χ1n) is 38.6. The molecule has 9 heterocycles. The molecule has 0 aliphatic carbocycles. The number of hydrogen-bond acceptors (Lipinski definition) is 0. The maximum absolute atomic E-state index is 2.56. The Kier molecular flexibility index (Phi) is 13.5. The topological polar surface area (TPSA) is 14.8 Å². The van der Waals surface area contributed by atoms with E-state index in [1.54, 1.807) is 0 Å². The molecule has 0 bridgehead atoms. The lowest BCUT2D eigenvalue weighted by Gasteiger charge is -2.28. The Labute approximate surface area is 632 Å². The van der Waals surface area contributed by atoms with E-state index in [1.165, 1.54) is 221 Å². The van der Waals surface area contributed by atoms with E-state index in [1.807, 2.05) is 0 Å². The molecule has 6 heteroatoms. The minimum Gasteiger partial charge on any atom is -0.315 e. The molecule has 0 amide bonds. The quantitative estimate of drug-likeness (QED) is 0.156. The minimum absolute atomic E-state index is 0.0948. The molecular formula is C102H76B3N3. The van der Waals surface area contributed by atoms with Gasteiger partial charge in [0.15, 0.2) is 0 Å². The van der Waals surface area contributed by atoms with Crippen molar-refractivity contribution in [1.29, 1.82) is 0 Å². The van der Waals surface area contributed by atoms with Gasteiger partial charge in [0.05, 0.1) is 11.0 Å². The SMILES string of the molecule is Cc1c(C)n2c3c(cccc13)B1c3ccc(C(C)(C)C)cc3-c3cc(C(C)(C)C)cc-2c31.c1ccc(-c2ccc3c(c2)-c2ccc4c5ccccc5n5c4c2B3c2ccccc2-5)cc1.c1ccc(-c2ccc3c(c2)B2c4ccc(-c5ccccc5)cc4-c4ccc5c6cc(-c7ccccc7)ccc6n-3c5c42)cc1. The Morgan fingerprint density at radius 3 is 1.28 bits per heavy atom. The number of nitrogens with zero attached hydrogens (tertiary/aromatic N) is 3. The Morgan fingerprint density at radius 2 is 0.676 bits per heavy atom. The largest absolute Gasteiger partial charge is 0.315 e. The fourth-order valence-corrected chi connectivity index (χ4v) is 19.9. The lowest BCUT2D eigenvalue weighted by atomic mass is 9.37. The van der Waals surface area contributed by atoms with Gasteiger partial charge in [-0.2, -0.15) is 0 Å². The molecule has 6 aliphatic heterocycles. The number of rotatable bonds is 4. The van der Waals surface area contributed by atoms with Gasteiger partial charge in [0.1, 0.15) is 0 Å². The molecule has 108 heavy (non-hydrogen) atoms. The number of fused-ring (bicyclic) bond motifs is 23. The second-order valence-corrected chi connectivity index (χ2v) is 33.0. The molecule has 508 valence electrons. The molecule has 15 aromatic carbocycles. The van der Waals surface area contributed by atoms with Crippen LogP contribution in [0.4, 0.5) is 0 Å². The van der Waals surface area contributed by atoms with Crippen molar-refractivity contribution in [3.8, 4) is 95.0 Å². The smallest absolute Gasteiger partial charge is 0.248 e. The average Bonchev–Trinajstić information content (AvgIpc) is 1.53. The fourth-order valence-electron chi connectivity index (χ4n) is 19.9. The van der Waals surface area contributed by atoms with Gasteiger partial charge in [0.2, 0.25) is 20.1 Å². The summed E-state index contributed by atoms with van der Waals surface area (Å²) in [6.45, 7) is 19.3. The summed E-state index contributed by atoms with van der Waals surface area (Å²) in [5.41, 5.74) is 47.9. The second-order valence-electron chi connectivity index (χ2n) is 33.0. The predicted molar refractivity (Wildman–Crippen MR) is 464 cm³/mol. The van der Waals surface area contributed by atoms with E-state index in [2.05, 4.69) is 385 Å². The van der Waals surface area contributed by atoms with E-state index in [0.717, 1.165) is 0 Å². The Bertz CT molecular complexity index is 6900. The summed E-state index contributed by atoms with van der Waals surface area (Å²) in [7, 11) is 0. The van der Waals surface area contributed by atoms with Gasteiger partial charge in [-0.1, -0.05) is 325 Å². The van der Waals surface area contributed by atoms with E-state index in [0.29, 0.717) is 13.4 Å². The van der Waals surface area contributed by atoms with Gasteiger partial charge in [0, 0.05) is 66.2 Å². The van der Waals surface area contributed by atoms with Crippen LogP contribution in [0.1, 0.15) is 63.9 Å². The summed E-state index contributed by atoms with van der Waals surface area (Å²) in [6.07, 6.45) is 0. The molecule has 0 fully saturated rings. The lowest BCUT2D eigenvalue weighted by Crippen LogP contribution is -2.53. The highest BCUT2D eigenvalue weighted by atomic mass is 15.0. The first kappa shape index (κ1) is 63.0. The molecule has 6 aliphatic rings. The van der Waals surface area contributed by atoms with Crippen LogP contribution in [0.15, 0.2) is 315 Å². The van der Waals surface area contributed by atoms with Crippen LogP contribution in [0, 0.1) is 13.8 Å². The van der Waals surface area contributed by atoms with Gasteiger partial charge in [-0.3, -0.25) is 0 Å². The zero-order chi connectivity index (χ0) is 72.3.